The number of aryl methyl sites for hydroxylation is 1. The monoisotopic (exact) mass is 608 g/mol. The van der Waals surface area contributed by atoms with Crippen molar-refractivity contribution in [1.29, 1.82) is 0 Å². The Hall–Kier alpha value is -3.92. The Morgan fingerprint density at radius 3 is 2.36 bits per heavy atom. The van der Waals surface area contributed by atoms with Crippen LogP contribution in [-0.2, 0) is 22.2 Å². The molecule has 1 amide bonds. The minimum Gasteiger partial charge on any atom is -0.497 e. The molecule has 1 atom stereocenters. The van der Waals surface area contributed by atoms with Gasteiger partial charge in [-0.1, -0.05) is 44.7 Å². The highest BCUT2D eigenvalue weighted by atomic mass is 35.5. The molecule has 0 aromatic heterocycles. The maximum absolute atomic E-state index is 14.0. The van der Waals surface area contributed by atoms with Crippen molar-refractivity contribution in [1.82, 2.24) is 0 Å². The van der Waals surface area contributed by atoms with E-state index in [9.17, 15) is 22.8 Å². The molecule has 0 saturated heterocycles. The first kappa shape index (κ1) is 34.3. The third kappa shape index (κ3) is 8.09. The fourth-order valence-corrected chi connectivity index (χ4v) is 4.76. The van der Waals surface area contributed by atoms with E-state index in [0.29, 0.717) is 46.2 Å². The third-order valence-electron chi connectivity index (χ3n) is 6.57. The standard InChI is InChI=1S/C29H28ClF3N2O5.2CH4/c1-17-12-19-9-10-35(25(19)16-24(17)29(31,32)33)28(38)27(18-5-7-20(30)8-6-18)34-21-13-22(39-2)15-23(14-21)40-11-3-4-26(36)37;;/h5-8,12-16,27,34H,3-4,9-11H2,1-2H3,(H,36,37);2*1H4. The highest BCUT2D eigenvalue weighted by Crippen LogP contribution is 2.40. The number of anilines is 2. The highest BCUT2D eigenvalue weighted by Gasteiger charge is 2.37. The number of carboxylic acid groups (broad SMARTS) is 1. The van der Waals surface area contributed by atoms with Crippen LogP contribution in [0.5, 0.6) is 11.5 Å². The molecule has 0 bridgehead atoms. The molecule has 1 heterocycles. The summed E-state index contributed by atoms with van der Waals surface area (Å²) in [5.74, 6) is -0.546. The van der Waals surface area contributed by atoms with Crippen molar-refractivity contribution in [3.8, 4) is 11.5 Å². The molecular formula is C31H36ClF3N2O5. The van der Waals surface area contributed by atoms with Gasteiger partial charge in [-0.3, -0.25) is 9.59 Å². The van der Waals surface area contributed by atoms with Crippen LogP contribution < -0.4 is 19.7 Å². The van der Waals surface area contributed by atoms with Crippen LogP contribution in [0, 0.1) is 6.92 Å². The summed E-state index contributed by atoms with van der Waals surface area (Å²) >= 11 is 6.07. The maximum atomic E-state index is 14.0. The van der Waals surface area contributed by atoms with Gasteiger partial charge in [0.15, 0.2) is 0 Å². The van der Waals surface area contributed by atoms with Gasteiger partial charge in [0.05, 0.1) is 19.3 Å². The molecule has 42 heavy (non-hydrogen) atoms. The quantitative estimate of drug-likeness (QED) is 0.227. The van der Waals surface area contributed by atoms with Crippen LogP contribution in [0.25, 0.3) is 0 Å². The lowest BCUT2D eigenvalue weighted by molar-refractivity contribution is -0.138. The first-order chi connectivity index (χ1) is 19.0. The third-order valence-corrected chi connectivity index (χ3v) is 6.83. The second kappa shape index (κ2) is 14.3. The molecule has 0 radical (unpaired) electrons. The van der Waals surface area contributed by atoms with Gasteiger partial charge in [-0.2, -0.15) is 13.2 Å². The van der Waals surface area contributed by atoms with Crippen LogP contribution in [0.3, 0.4) is 0 Å². The van der Waals surface area contributed by atoms with Crippen molar-refractivity contribution < 1.29 is 37.3 Å². The number of aliphatic carboxylic acids is 1. The smallest absolute Gasteiger partial charge is 0.416 e. The average Bonchev–Trinajstić information content (AvgIpc) is 3.31. The van der Waals surface area contributed by atoms with Crippen LogP contribution in [0.15, 0.2) is 54.6 Å². The second-order valence-electron chi connectivity index (χ2n) is 9.41. The number of ether oxygens (including phenoxy) is 2. The molecule has 2 N–H and O–H groups in total. The Balaban J connectivity index is 0.00000308. The molecule has 3 aromatic rings. The first-order valence-electron chi connectivity index (χ1n) is 12.5. The van der Waals surface area contributed by atoms with E-state index in [2.05, 4.69) is 5.32 Å². The number of carbonyl (C=O) groups excluding carboxylic acids is 1. The number of carboxylic acids is 1. The number of hydrogen-bond donors (Lipinski definition) is 2. The predicted octanol–water partition coefficient (Wildman–Crippen LogP) is 7.93. The van der Waals surface area contributed by atoms with Crippen LogP contribution in [0.1, 0.15) is 56.0 Å². The Bertz CT molecular complexity index is 1400. The fourth-order valence-electron chi connectivity index (χ4n) is 4.63. The molecule has 228 valence electrons. The van der Waals surface area contributed by atoms with Crippen LogP contribution >= 0.6 is 11.6 Å². The van der Waals surface area contributed by atoms with Gasteiger partial charge < -0.3 is 24.8 Å². The lowest BCUT2D eigenvalue weighted by Gasteiger charge is -2.27. The van der Waals surface area contributed by atoms with Crippen molar-refractivity contribution >= 4 is 34.9 Å². The minimum atomic E-state index is -4.55. The van der Waals surface area contributed by atoms with E-state index in [1.165, 1.54) is 25.0 Å². The van der Waals surface area contributed by atoms with Gasteiger partial charge in [0.2, 0.25) is 0 Å². The SMILES string of the molecule is C.C.COc1cc(NC(C(=O)N2CCc3cc(C)c(C(F)(F)F)cc32)c2ccc(Cl)cc2)cc(OCCCC(=O)O)c1. The molecule has 1 aliphatic rings. The fraction of sp³-hybridized carbons (Fsp3) is 0.355. The number of methoxy groups -OCH3 is 1. The van der Waals surface area contributed by atoms with Crippen LogP contribution in [0.2, 0.25) is 5.02 Å². The molecule has 7 nitrogen and oxygen atoms in total. The first-order valence-corrected chi connectivity index (χ1v) is 12.9. The van der Waals surface area contributed by atoms with E-state index in [1.54, 1.807) is 42.5 Å². The summed E-state index contributed by atoms with van der Waals surface area (Å²) in [7, 11) is 1.47. The lowest BCUT2D eigenvalue weighted by atomic mass is 10.0. The van der Waals surface area contributed by atoms with Gasteiger partial charge in [-0.05, 0) is 54.7 Å². The summed E-state index contributed by atoms with van der Waals surface area (Å²) in [6.45, 7) is 1.80. The number of carbonyl (C=O) groups is 2. The molecule has 1 unspecified atom stereocenters. The molecule has 0 fully saturated rings. The number of halogens is 4. The summed E-state index contributed by atoms with van der Waals surface area (Å²) in [6.07, 6.45) is -3.86. The maximum Gasteiger partial charge on any atom is 0.416 e. The Morgan fingerprint density at radius 1 is 1.07 bits per heavy atom. The largest absolute Gasteiger partial charge is 0.497 e. The van der Waals surface area contributed by atoms with E-state index in [4.69, 9.17) is 26.2 Å². The van der Waals surface area contributed by atoms with Crippen LogP contribution in [0.4, 0.5) is 24.5 Å². The molecule has 1 aliphatic heterocycles. The zero-order chi connectivity index (χ0) is 29.0. The Labute approximate surface area is 249 Å². The molecular weight excluding hydrogens is 573 g/mol. The summed E-state index contributed by atoms with van der Waals surface area (Å²) in [5.41, 5.74) is 1.25. The number of nitrogens with one attached hydrogen (secondary N) is 1. The highest BCUT2D eigenvalue weighted by molar-refractivity contribution is 6.30. The summed E-state index contributed by atoms with van der Waals surface area (Å²) in [6, 6.07) is 13.1. The number of alkyl halides is 3. The number of amides is 1. The van der Waals surface area contributed by atoms with Gasteiger partial charge in [0.25, 0.3) is 5.91 Å². The van der Waals surface area contributed by atoms with Gasteiger partial charge in [-0.15, -0.1) is 0 Å². The van der Waals surface area contributed by atoms with E-state index in [-0.39, 0.29) is 45.7 Å². The predicted molar refractivity (Wildman–Crippen MR) is 159 cm³/mol. The summed E-state index contributed by atoms with van der Waals surface area (Å²) in [4.78, 5) is 26.2. The van der Waals surface area contributed by atoms with Crippen molar-refractivity contribution in [3.63, 3.8) is 0 Å². The van der Waals surface area contributed by atoms with Gasteiger partial charge >= 0.3 is 12.1 Å². The van der Waals surface area contributed by atoms with Crippen molar-refractivity contribution in [2.45, 2.75) is 53.3 Å². The van der Waals surface area contributed by atoms with Crippen molar-refractivity contribution in [2.75, 3.05) is 30.5 Å². The normalized spacial score (nSPS) is 12.9. The zero-order valence-corrected chi connectivity index (χ0v) is 22.6. The molecule has 4 rings (SSSR count). The number of hydrogen-bond acceptors (Lipinski definition) is 5. The lowest BCUT2D eigenvalue weighted by Crippen LogP contribution is -2.37. The van der Waals surface area contributed by atoms with E-state index < -0.39 is 29.7 Å². The minimum absolute atomic E-state index is 0. The molecule has 11 heteroatoms. The Morgan fingerprint density at radius 2 is 1.74 bits per heavy atom. The van der Waals surface area contributed by atoms with Gasteiger partial charge in [-0.25, -0.2) is 0 Å². The molecule has 3 aromatic carbocycles. The topological polar surface area (TPSA) is 88.1 Å². The molecule has 0 spiro atoms. The van der Waals surface area contributed by atoms with Crippen molar-refractivity contribution in [3.05, 3.63) is 81.9 Å². The average molecular weight is 609 g/mol. The number of rotatable bonds is 10. The second-order valence-corrected chi connectivity index (χ2v) is 9.84. The van der Waals surface area contributed by atoms with E-state index >= 15 is 0 Å². The Kier molecular flexibility index (Phi) is 11.7. The van der Waals surface area contributed by atoms with Gasteiger partial charge in [0, 0.05) is 47.6 Å². The van der Waals surface area contributed by atoms with E-state index in [0.717, 1.165) is 6.07 Å². The number of nitrogens with zero attached hydrogens (tertiary/aromatic N) is 1. The van der Waals surface area contributed by atoms with Crippen LogP contribution in [-0.4, -0.2) is 37.2 Å². The summed E-state index contributed by atoms with van der Waals surface area (Å²) < 4.78 is 52.1. The van der Waals surface area contributed by atoms with E-state index in [1.807, 2.05) is 0 Å². The molecule has 0 saturated carbocycles. The number of benzene rings is 3. The zero-order valence-electron chi connectivity index (χ0n) is 21.8. The number of fused-ring (bicyclic) bond motifs is 1. The molecule has 0 aliphatic carbocycles. The summed E-state index contributed by atoms with van der Waals surface area (Å²) in [5, 5.41) is 12.5. The van der Waals surface area contributed by atoms with Gasteiger partial charge in [0.1, 0.15) is 17.5 Å². The van der Waals surface area contributed by atoms with Crippen molar-refractivity contribution in [2.24, 2.45) is 0 Å².